The number of aromatic carboxylic acids is 1. The van der Waals surface area contributed by atoms with Crippen molar-refractivity contribution in [1.29, 1.82) is 0 Å². The van der Waals surface area contributed by atoms with E-state index in [0.29, 0.717) is 25.2 Å². The Labute approximate surface area is 118 Å². The first kappa shape index (κ1) is 15.0. The van der Waals surface area contributed by atoms with Gasteiger partial charge < -0.3 is 10.4 Å². The fourth-order valence-corrected chi connectivity index (χ4v) is 3.94. The zero-order valence-electron chi connectivity index (χ0n) is 11.3. The van der Waals surface area contributed by atoms with Gasteiger partial charge >= 0.3 is 5.97 Å². The maximum Gasteiger partial charge on any atom is 0.335 e. The molecule has 1 fully saturated rings. The van der Waals surface area contributed by atoms with Crippen molar-refractivity contribution in [3.05, 3.63) is 29.3 Å². The van der Waals surface area contributed by atoms with Crippen LogP contribution >= 0.6 is 0 Å². The molecule has 2 rings (SSSR count). The zero-order valence-corrected chi connectivity index (χ0v) is 12.1. The van der Waals surface area contributed by atoms with Gasteiger partial charge in [-0.25, -0.2) is 13.2 Å². The average molecular weight is 298 g/mol. The first-order valence-electron chi connectivity index (χ1n) is 6.48. The number of sulfonamides is 1. The fourth-order valence-electron chi connectivity index (χ4n) is 2.21. The van der Waals surface area contributed by atoms with Gasteiger partial charge in [0.1, 0.15) is 0 Å². The molecule has 0 aliphatic carbocycles. The van der Waals surface area contributed by atoms with E-state index < -0.39 is 16.0 Å². The lowest BCUT2D eigenvalue weighted by atomic mass is 10.1. The molecule has 6 nitrogen and oxygen atoms in total. The molecule has 0 amide bonds. The van der Waals surface area contributed by atoms with E-state index in [2.05, 4.69) is 5.32 Å². The monoisotopic (exact) mass is 298 g/mol. The van der Waals surface area contributed by atoms with Crippen molar-refractivity contribution in [2.45, 2.75) is 18.2 Å². The van der Waals surface area contributed by atoms with Crippen molar-refractivity contribution in [2.24, 2.45) is 0 Å². The third kappa shape index (κ3) is 3.00. The summed E-state index contributed by atoms with van der Waals surface area (Å²) in [6.45, 7) is 3.93. The summed E-state index contributed by atoms with van der Waals surface area (Å²) in [6, 6.07) is 4.19. The molecule has 7 heteroatoms. The van der Waals surface area contributed by atoms with Gasteiger partial charge in [-0.1, -0.05) is 6.07 Å². The summed E-state index contributed by atoms with van der Waals surface area (Å²) >= 11 is 0. The maximum atomic E-state index is 12.6. The van der Waals surface area contributed by atoms with Gasteiger partial charge in [0.15, 0.2) is 0 Å². The summed E-state index contributed by atoms with van der Waals surface area (Å²) in [6.07, 6.45) is 0.747. The SMILES string of the molecule is Cc1ccc(C(=O)O)cc1S(=O)(=O)N1CCCNCC1. The van der Waals surface area contributed by atoms with Crippen molar-refractivity contribution in [2.75, 3.05) is 26.2 Å². The number of carboxylic acid groups (broad SMARTS) is 1. The van der Waals surface area contributed by atoms with Crippen LogP contribution in [0.5, 0.6) is 0 Å². The highest BCUT2D eigenvalue weighted by Crippen LogP contribution is 2.22. The number of nitrogens with one attached hydrogen (secondary N) is 1. The van der Waals surface area contributed by atoms with E-state index in [9.17, 15) is 13.2 Å². The molecule has 1 aliphatic heterocycles. The number of hydrogen-bond donors (Lipinski definition) is 2. The average Bonchev–Trinajstić information content (AvgIpc) is 2.68. The standard InChI is InChI=1S/C13H18N2O4S/c1-10-3-4-11(13(16)17)9-12(10)20(18,19)15-7-2-5-14-6-8-15/h3-4,9,14H,2,5-8H2,1H3,(H,16,17). The Morgan fingerprint density at radius 2 is 2.05 bits per heavy atom. The van der Waals surface area contributed by atoms with E-state index in [1.807, 2.05) is 0 Å². The number of hydrogen-bond acceptors (Lipinski definition) is 4. The van der Waals surface area contributed by atoms with Crippen molar-refractivity contribution >= 4 is 16.0 Å². The lowest BCUT2D eigenvalue weighted by Crippen LogP contribution is -2.34. The first-order valence-corrected chi connectivity index (χ1v) is 7.92. The molecule has 1 aromatic rings. The smallest absolute Gasteiger partial charge is 0.335 e. The van der Waals surface area contributed by atoms with E-state index in [1.54, 1.807) is 6.92 Å². The molecule has 0 spiro atoms. The van der Waals surface area contributed by atoms with Crippen molar-refractivity contribution in [3.8, 4) is 0 Å². The van der Waals surface area contributed by atoms with Crippen LogP contribution in [0.3, 0.4) is 0 Å². The second kappa shape index (κ2) is 5.90. The summed E-state index contributed by atoms with van der Waals surface area (Å²) in [4.78, 5) is 11.1. The highest BCUT2D eigenvalue weighted by molar-refractivity contribution is 7.89. The Bertz CT molecular complexity index is 605. The minimum absolute atomic E-state index is 0.0119. The molecule has 0 saturated carbocycles. The van der Waals surface area contributed by atoms with Crippen LogP contribution in [0, 0.1) is 6.92 Å². The molecular weight excluding hydrogens is 280 g/mol. The highest BCUT2D eigenvalue weighted by atomic mass is 32.2. The summed E-state index contributed by atoms with van der Waals surface area (Å²) < 4.78 is 26.7. The molecule has 1 aliphatic rings. The van der Waals surface area contributed by atoms with Crippen LogP contribution in [-0.2, 0) is 10.0 Å². The van der Waals surface area contributed by atoms with Crippen LogP contribution in [0.15, 0.2) is 23.1 Å². The van der Waals surface area contributed by atoms with Crippen LogP contribution < -0.4 is 5.32 Å². The number of benzene rings is 1. The minimum Gasteiger partial charge on any atom is -0.478 e. The normalized spacial score (nSPS) is 17.6. The zero-order chi connectivity index (χ0) is 14.8. The first-order chi connectivity index (χ1) is 9.43. The van der Waals surface area contributed by atoms with E-state index in [0.717, 1.165) is 13.0 Å². The van der Waals surface area contributed by atoms with Gasteiger partial charge in [-0.3, -0.25) is 0 Å². The van der Waals surface area contributed by atoms with Gasteiger partial charge in [-0.15, -0.1) is 0 Å². The van der Waals surface area contributed by atoms with Gasteiger partial charge in [-0.2, -0.15) is 4.31 Å². The lowest BCUT2D eigenvalue weighted by molar-refractivity contribution is 0.0696. The molecule has 20 heavy (non-hydrogen) atoms. The molecule has 1 aromatic carbocycles. The number of carboxylic acids is 1. The predicted octanol–water partition coefficient (Wildman–Crippen LogP) is 0.677. The maximum absolute atomic E-state index is 12.6. The van der Waals surface area contributed by atoms with Gasteiger partial charge in [-0.05, 0) is 37.6 Å². The Hall–Kier alpha value is -1.44. The summed E-state index contributed by atoms with van der Waals surface area (Å²) in [7, 11) is -3.64. The van der Waals surface area contributed by atoms with Crippen LogP contribution in [0.25, 0.3) is 0 Å². The third-order valence-electron chi connectivity index (χ3n) is 3.35. The molecule has 0 atom stereocenters. The number of nitrogens with zero attached hydrogens (tertiary/aromatic N) is 1. The summed E-state index contributed by atoms with van der Waals surface area (Å²) in [5.41, 5.74) is 0.550. The molecule has 1 heterocycles. The van der Waals surface area contributed by atoms with Crippen LogP contribution in [-0.4, -0.2) is 50.0 Å². The second-order valence-electron chi connectivity index (χ2n) is 4.79. The lowest BCUT2D eigenvalue weighted by Gasteiger charge is -2.21. The van der Waals surface area contributed by atoms with Gasteiger partial charge in [0, 0.05) is 19.6 Å². The molecule has 1 saturated heterocycles. The van der Waals surface area contributed by atoms with Gasteiger partial charge in [0.2, 0.25) is 10.0 Å². The minimum atomic E-state index is -3.64. The fraction of sp³-hybridized carbons (Fsp3) is 0.462. The van der Waals surface area contributed by atoms with E-state index in [-0.39, 0.29) is 10.5 Å². The molecule has 110 valence electrons. The largest absolute Gasteiger partial charge is 0.478 e. The predicted molar refractivity (Wildman–Crippen MR) is 74.4 cm³/mol. The number of rotatable bonds is 3. The van der Waals surface area contributed by atoms with Gasteiger partial charge in [0.25, 0.3) is 0 Å². The molecule has 2 N–H and O–H groups in total. The Morgan fingerprint density at radius 1 is 1.30 bits per heavy atom. The molecule has 0 unspecified atom stereocenters. The molecule has 0 radical (unpaired) electrons. The Kier molecular flexibility index (Phi) is 4.42. The topological polar surface area (TPSA) is 86.7 Å². The highest BCUT2D eigenvalue weighted by Gasteiger charge is 2.27. The molecule has 0 aromatic heterocycles. The number of aryl methyl sites for hydroxylation is 1. The van der Waals surface area contributed by atoms with Crippen molar-refractivity contribution in [3.63, 3.8) is 0 Å². The van der Waals surface area contributed by atoms with Gasteiger partial charge in [0.05, 0.1) is 10.5 Å². The summed E-state index contributed by atoms with van der Waals surface area (Å²) in [5.74, 6) is -1.13. The summed E-state index contributed by atoms with van der Waals surface area (Å²) in [5, 5.41) is 12.1. The quantitative estimate of drug-likeness (QED) is 0.857. The number of carbonyl (C=O) groups is 1. The van der Waals surface area contributed by atoms with E-state index in [1.165, 1.54) is 22.5 Å². The molecule has 0 bridgehead atoms. The van der Waals surface area contributed by atoms with Crippen molar-refractivity contribution in [1.82, 2.24) is 9.62 Å². The Balaban J connectivity index is 2.42. The molecular formula is C13H18N2O4S. The van der Waals surface area contributed by atoms with Crippen molar-refractivity contribution < 1.29 is 18.3 Å². The van der Waals surface area contributed by atoms with Crippen LogP contribution in [0.1, 0.15) is 22.3 Å². The second-order valence-corrected chi connectivity index (χ2v) is 6.70. The van der Waals surface area contributed by atoms with Crippen LogP contribution in [0.2, 0.25) is 0 Å². The third-order valence-corrected chi connectivity index (χ3v) is 5.39. The van der Waals surface area contributed by atoms with Crippen LogP contribution in [0.4, 0.5) is 0 Å². The van der Waals surface area contributed by atoms with E-state index in [4.69, 9.17) is 5.11 Å². The Morgan fingerprint density at radius 3 is 2.75 bits per heavy atom. The van der Waals surface area contributed by atoms with E-state index >= 15 is 0 Å².